The van der Waals surface area contributed by atoms with Crippen molar-refractivity contribution in [2.45, 2.75) is 17.0 Å². The number of nitrogens with zero attached hydrogens (tertiary/aromatic N) is 3. The minimum atomic E-state index is 0.751. The van der Waals surface area contributed by atoms with Gasteiger partial charge in [-0.25, -0.2) is 15.0 Å². The first-order valence-electron chi connectivity index (χ1n) is 4.41. The fraction of sp³-hybridized carbons (Fsp3) is 0.100. The third kappa shape index (κ3) is 2.44. The van der Waals surface area contributed by atoms with Crippen LogP contribution in [0.25, 0.3) is 0 Å². The zero-order valence-electron chi connectivity index (χ0n) is 8.21. The molecule has 2 aromatic rings. The average Bonchev–Trinajstić information content (AvgIpc) is 2.25. The van der Waals surface area contributed by atoms with Crippen molar-refractivity contribution in [2.24, 2.45) is 0 Å². The van der Waals surface area contributed by atoms with E-state index in [0.717, 1.165) is 21.3 Å². The van der Waals surface area contributed by atoms with Gasteiger partial charge < -0.3 is 5.73 Å². The lowest BCUT2D eigenvalue weighted by molar-refractivity contribution is 1.03. The lowest BCUT2D eigenvalue weighted by Gasteiger charge is -2.02. The van der Waals surface area contributed by atoms with Gasteiger partial charge >= 0.3 is 0 Å². The van der Waals surface area contributed by atoms with Gasteiger partial charge in [-0.3, -0.25) is 0 Å². The van der Waals surface area contributed by atoms with Gasteiger partial charge in [0, 0.05) is 18.1 Å². The zero-order valence-corrected chi connectivity index (χ0v) is 9.03. The van der Waals surface area contributed by atoms with Crippen molar-refractivity contribution in [2.75, 3.05) is 5.73 Å². The normalized spacial score (nSPS) is 10.2. The van der Waals surface area contributed by atoms with Crippen LogP contribution in [0.4, 0.5) is 5.69 Å². The van der Waals surface area contributed by atoms with Crippen LogP contribution in [0.3, 0.4) is 0 Å². The van der Waals surface area contributed by atoms with Gasteiger partial charge in [-0.15, -0.1) is 0 Å². The molecule has 0 amide bonds. The quantitative estimate of drug-likeness (QED) is 0.780. The number of pyridine rings is 1. The van der Waals surface area contributed by atoms with Gasteiger partial charge in [0.1, 0.15) is 16.4 Å². The molecule has 0 aliphatic carbocycles. The van der Waals surface area contributed by atoms with E-state index in [-0.39, 0.29) is 0 Å². The van der Waals surface area contributed by atoms with Gasteiger partial charge in [0.25, 0.3) is 0 Å². The molecular formula is C10H10N4S. The Morgan fingerprint density at radius 3 is 2.80 bits per heavy atom. The summed E-state index contributed by atoms with van der Waals surface area (Å²) in [5.74, 6) is 0. The first kappa shape index (κ1) is 9.92. The first-order chi connectivity index (χ1) is 7.25. The summed E-state index contributed by atoms with van der Waals surface area (Å²) in [4.78, 5) is 12.2. The number of aryl methyl sites for hydroxylation is 1. The molecular weight excluding hydrogens is 208 g/mol. The summed E-state index contributed by atoms with van der Waals surface area (Å²) in [7, 11) is 0. The Morgan fingerprint density at radius 1 is 1.27 bits per heavy atom. The van der Waals surface area contributed by atoms with Crippen molar-refractivity contribution >= 4 is 17.4 Å². The minimum absolute atomic E-state index is 0.751. The van der Waals surface area contributed by atoms with Crippen LogP contribution < -0.4 is 5.73 Å². The molecule has 4 nitrogen and oxygen atoms in total. The largest absolute Gasteiger partial charge is 0.398 e. The van der Waals surface area contributed by atoms with Gasteiger partial charge in [0.2, 0.25) is 0 Å². The smallest absolute Gasteiger partial charge is 0.116 e. The second-order valence-corrected chi connectivity index (χ2v) is 4.07. The maximum absolute atomic E-state index is 5.79. The van der Waals surface area contributed by atoms with Crippen LogP contribution in [-0.4, -0.2) is 15.0 Å². The Morgan fingerprint density at radius 2 is 2.13 bits per heavy atom. The van der Waals surface area contributed by atoms with Gasteiger partial charge in [-0.1, -0.05) is 0 Å². The predicted molar refractivity (Wildman–Crippen MR) is 59.5 cm³/mol. The Kier molecular flexibility index (Phi) is 2.82. The Hall–Kier alpha value is -1.62. The van der Waals surface area contributed by atoms with Crippen LogP contribution in [0.1, 0.15) is 5.56 Å². The molecule has 0 radical (unpaired) electrons. The van der Waals surface area contributed by atoms with Crippen molar-refractivity contribution in [1.29, 1.82) is 0 Å². The van der Waals surface area contributed by atoms with Crippen LogP contribution in [0.2, 0.25) is 0 Å². The van der Waals surface area contributed by atoms with E-state index in [2.05, 4.69) is 15.0 Å². The maximum atomic E-state index is 5.79. The molecule has 2 heterocycles. The van der Waals surface area contributed by atoms with E-state index in [0.29, 0.717) is 0 Å². The van der Waals surface area contributed by atoms with Gasteiger partial charge in [-0.05, 0) is 36.4 Å². The summed E-state index contributed by atoms with van der Waals surface area (Å²) >= 11 is 1.47. The highest BCUT2D eigenvalue weighted by Crippen LogP contribution is 2.25. The summed E-state index contributed by atoms with van der Waals surface area (Å²) in [6.07, 6.45) is 4.98. The molecule has 5 heteroatoms. The molecule has 0 aliphatic heterocycles. The first-order valence-corrected chi connectivity index (χ1v) is 5.23. The highest BCUT2D eigenvalue weighted by Gasteiger charge is 2.01. The third-order valence-electron chi connectivity index (χ3n) is 1.88. The molecule has 76 valence electrons. The number of hydrogen-bond donors (Lipinski definition) is 1. The summed E-state index contributed by atoms with van der Waals surface area (Å²) in [5, 5.41) is 1.71. The Bertz CT molecular complexity index is 458. The molecule has 0 bridgehead atoms. The fourth-order valence-electron chi connectivity index (χ4n) is 1.02. The number of nitrogen functional groups attached to an aromatic ring is 1. The number of nitrogens with two attached hydrogens (primary N) is 1. The molecule has 0 aliphatic rings. The lowest BCUT2D eigenvalue weighted by Crippen LogP contribution is -1.92. The molecule has 2 rings (SSSR count). The molecule has 15 heavy (non-hydrogen) atoms. The Labute approximate surface area is 92.0 Å². The number of aromatic nitrogens is 3. The summed E-state index contributed by atoms with van der Waals surface area (Å²) in [6, 6.07) is 3.69. The van der Waals surface area contributed by atoms with Crippen molar-refractivity contribution in [3.05, 3.63) is 36.4 Å². The van der Waals surface area contributed by atoms with Crippen molar-refractivity contribution in [3.63, 3.8) is 0 Å². The van der Waals surface area contributed by atoms with Gasteiger partial charge in [0.15, 0.2) is 0 Å². The summed E-state index contributed by atoms with van der Waals surface area (Å²) < 4.78 is 0. The highest BCUT2D eigenvalue weighted by molar-refractivity contribution is 7.99. The van der Waals surface area contributed by atoms with Crippen LogP contribution >= 0.6 is 11.8 Å². The summed E-state index contributed by atoms with van der Waals surface area (Å²) in [6.45, 7) is 1.93. The molecule has 0 saturated heterocycles. The second-order valence-electron chi connectivity index (χ2n) is 3.03. The molecule has 2 aromatic heterocycles. The maximum Gasteiger partial charge on any atom is 0.116 e. The van der Waals surface area contributed by atoms with E-state index in [1.807, 2.05) is 19.1 Å². The standard InChI is InChI=1S/C10H10N4S/c1-7-5-13-10(4-8(7)11)15-9-2-3-12-6-14-9/h2-6H,1H3,(H2,11,13). The fourth-order valence-corrected chi connectivity index (χ4v) is 1.76. The molecule has 0 spiro atoms. The summed E-state index contributed by atoms with van der Waals surface area (Å²) in [5.41, 5.74) is 7.53. The van der Waals surface area contributed by atoms with Crippen LogP contribution in [0.15, 0.2) is 40.9 Å². The molecule has 0 fully saturated rings. The second kappa shape index (κ2) is 4.27. The predicted octanol–water partition coefficient (Wildman–Crippen LogP) is 1.91. The molecule has 0 unspecified atom stereocenters. The van der Waals surface area contributed by atoms with Crippen molar-refractivity contribution < 1.29 is 0 Å². The van der Waals surface area contributed by atoms with Crippen LogP contribution in [0, 0.1) is 6.92 Å². The monoisotopic (exact) mass is 218 g/mol. The zero-order chi connectivity index (χ0) is 10.7. The molecule has 0 atom stereocenters. The molecule has 2 N–H and O–H groups in total. The minimum Gasteiger partial charge on any atom is -0.398 e. The van der Waals surface area contributed by atoms with E-state index < -0.39 is 0 Å². The Balaban J connectivity index is 2.22. The highest BCUT2D eigenvalue weighted by atomic mass is 32.2. The topological polar surface area (TPSA) is 64.7 Å². The van der Waals surface area contributed by atoms with E-state index >= 15 is 0 Å². The van der Waals surface area contributed by atoms with Crippen LogP contribution in [-0.2, 0) is 0 Å². The van der Waals surface area contributed by atoms with Crippen molar-refractivity contribution in [3.8, 4) is 0 Å². The van der Waals surface area contributed by atoms with E-state index in [4.69, 9.17) is 5.73 Å². The molecule has 0 aromatic carbocycles. The van der Waals surface area contributed by atoms with Gasteiger partial charge in [-0.2, -0.15) is 0 Å². The van der Waals surface area contributed by atoms with E-state index in [1.54, 1.807) is 12.4 Å². The van der Waals surface area contributed by atoms with E-state index in [9.17, 15) is 0 Å². The van der Waals surface area contributed by atoms with E-state index in [1.165, 1.54) is 18.1 Å². The SMILES string of the molecule is Cc1cnc(Sc2ccncn2)cc1N. The average molecular weight is 218 g/mol. The molecule has 0 saturated carbocycles. The number of rotatable bonds is 2. The third-order valence-corrected chi connectivity index (χ3v) is 2.77. The van der Waals surface area contributed by atoms with Crippen molar-refractivity contribution in [1.82, 2.24) is 15.0 Å². The lowest BCUT2D eigenvalue weighted by atomic mass is 10.3. The number of anilines is 1. The number of hydrogen-bond acceptors (Lipinski definition) is 5. The van der Waals surface area contributed by atoms with Crippen LogP contribution in [0.5, 0.6) is 0 Å². The van der Waals surface area contributed by atoms with Gasteiger partial charge in [0.05, 0.1) is 0 Å².